The molecule has 1 aliphatic rings. The smallest absolute Gasteiger partial charge is 0.255 e. The van der Waals surface area contributed by atoms with E-state index >= 15 is 0 Å². The Morgan fingerprint density at radius 2 is 1.67 bits per heavy atom. The maximum Gasteiger partial charge on any atom is 0.255 e. The molecule has 0 aliphatic carbocycles. The van der Waals surface area contributed by atoms with Crippen LogP contribution in [0.15, 0.2) is 42.5 Å². The van der Waals surface area contributed by atoms with E-state index in [1.54, 1.807) is 0 Å². The van der Waals surface area contributed by atoms with Gasteiger partial charge in [-0.05, 0) is 55.3 Å². The van der Waals surface area contributed by atoms with Crippen LogP contribution < -0.4 is 10.2 Å². The van der Waals surface area contributed by atoms with Crippen molar-refractivity contribution in [2.45, 2.75) is 13.8 Å². The van der Waals surface area contributed by atoms with Gasteiger partial charge in [-0.3, -0.25) is 4.79 Å². The summed E-state index contributed by atoms with van der Waals surface area (Å²) in [5, 5.41) is 2.95. The van der Waals surface area contributed by atoms with Gasteiger partial charge in [0.15, 0.2) is 0 Å². The lowest BCUT2D eigenvalue weighted by atomic mass is 10.1. The van der Waals surface area contributed by atoms with Crippen LogP contribution in [-0.4, -0.2) is 51.1 Å². The van der Waals surface area contributed by atoms with Crippen molar-refractivity contribution in [1.82, 2.24) is 4.31 Å². The number of carbonyl (C=O) groups is 1. The monoisotopic (exact) mass is 387 g/mol. The van der Waals surface area contributed by atoms with Gasteiger partial charge >= 0.3 is 0 Å². The zero-order chi connectivity index (χ0) is 19.6. The average molecular weight is 388 g/mol. The van der Waals surface area contributed by atoms with Crippen LogP contribution in [0.4, 0.5) is 11.4 Å². The van der Waals surface area contributed by atoms with Crippen LogP contribution in [0.5, 0.6) is 0 Å². The highest BCUT2D eigenvalue weighted by Gasteiger charge is 2.23. The summed E-state index contributed by atoms with van der Waals surface area (Å²) in [7, 11) is -3.14. The van der Waals surface area contributed by atoms with Crippen molar-refractivity contribution < 1.29 is 13.2 Å². The zero-order valence-electron chi connectivity index (χ0n) is 15.9. The molecule has 3 rings (SSSR count). The Balaban J connectivity index is 1.69. The molecule has 1 saturated heterocycles. The first kappa shape index (κ1) is 19.4. The Hall–Kier alpha value is -2.38. The van der Waals surface area contributed by atoms with Crippen molar-refractivity contribution in [2.75, 3.05) is 42.7 Å². The van der Waals surface area contributed by atoms with E-state index in [0.29, 0.717) is 31.7 Å². The minimum absolute atomic E-state index is 0.142. The first-order valence-electron chi connectivity index (χ1n) is 8.93. The van der Waals surface area contributed by atoms with Crippen LogP contribution in [0, 0.1) is 13.8 Å². The third kappa shape index (κ3) is 4.67. The SMILES string of the molecule is Cc1ccc(C(=O)Nc2cccc(N3CCN(S(C)(=O)=O)CC3)c2)cc1C. The first-order valence-corrected chi connectivity index (χ1v) is 10.8. The Kier molecular flexibility index (Phi) is 5.53. The molecule has 0 radical (unpaired) electrons. The van der Waals surface area contributed by atoms with Crippen molar-refractivity contribution in [3.05, 3.63) is 59.2 Å². The van der Waals surface area contributed by atoms with E-state index in [-0.39, 0.29) is 5.91 Å². The fourth-order valence-electron chi connectivity index (χ4n) is 3.14. The second-order valence-electron chi connectivity index (χ2n) is 6.95. The van der Waals surface area contributed by atoms with Crippen molar-refractivity contribution in [3.63, 3.8) is 0 Å². The molecule has 0 atom stereocenters. The molecule has 1 fully saturated rings. The number of carbonyl (C=O) groups excluding carboxylic acids is 1. The van der Waals surface area contributed by atoms with E-state index in [1.165, 1.54) is 10.6 Å². The Labute approximate surface area is 160 Å². The van der Waals surface area contributed by atoms with Gasteiger partial charge in [-0.15, -0.1) is 0 Å². The van der Waals surface area contributed by atoms with Crippen molar-refractivity contribution >= 4 is 27.3 Å². The number of nitrogens with one attached hydrogen (secondary N) is 1. The van der Waals surface area contributed by atoms with Crippen LogP contribution in [0.3, 0.4) is 0 Å². The number of benzene rings is 2. The molecule has 6 nitrogen and oxygen atoms in total. The Bertz CT molecular complexity index is 949. The van der Waals surface area contributed by atoms with Gasteiger partial charge in [-0.2, -0.15) is 4.31 Å². The summed E-state index contributed by atoms with van der Waals surface area (Å²) >= 11 is 0. The number of hydrogen-bond donors (Lipinski definition) is 1. The molecule has 144 valence electrons. The third-order valence-electron chi connectivity index (χ3n) is 4.95. The minimum Gasteiger partial charge on any atom is -0.369 e. The molecule has 27 heavy (non-hydrogen) atoms. The molecule has 0 saturated carbocycles. The molecule has 0 aromatic heterocycles. The maximum absolute atomic E-state index is 12.5. The highest BCUT2D eigenvalue weighted by Crippen LogP contribution is 2.22. The van der Waals surface area contributed by atoms with Crippen LogP contribution >= 0.6 is 0 Å². The summed E-state index contributed by atoms with van der Waals surface area (Å²) in [6.07, 6.45) is 1.24. The number of nitrogens with zero attached hydrogens (tertiary/aromatic N) is 2. The highest BCUT2D eigenvalue weighted by atomic mass is 32.2. The van der Waals surface area contributed by atoms with Crippen LogP contribution in [0.1, 0.15) is 21.5 Å². The number of amides is 1. The predicted octanol–water partition coefficient (Wildman–Crippen LogP) is 2.64. The molecule has 1 N–H and O–H groups in total. The van der Waals surface area contributed by atoms with E-state index in [2.05, 4.69) is 10.2 Å². The van der Waals surface area contributed by atoms with Crippen molar-refractivity contribution in [1.29, 1.82) is 0 Å². The lowest BCUT2D eigenvalue weighted by Crippen LogP contribution is -2.48. The standard InChI is InChI=1S/C20H25N3O3S/c1-15-7-8-17(13-16(15)2)20(24)21-18-5-4-6-19(14-18)22-9-11-23(12-10-22)27(3,25)26/h4-8,13-14H,9-12H2,1-3H3,(H,21,24). The van der Waals surface area contributed by atoms with Crippen molar-refractivity contribution in [2.24, 2.45) is 0 Å². The lowest BCUT2D eigenvalue weighted by Gasteiger charge is -2.34. The Morgan fingerprint density at radius 3 is 2.30 bits per heavy atom. The molecule has 2 aromatic carbocycles. The fourth-order valence-corrected chi connectivity index (χ4v) is 3.97. The highest BCUT2D eigenvalue weighted by molar-refractivity contribution is 7.88. The van der Waals surface area contributed by atoms with E-state index in [9.17, 15) is 13.2 Å². The largest absolute Gasteiger partial charge is 0.369 e. The van der Waals surface area contributed by atoms with Gasteiger partial charge in [0.1, 0.15) is 0 Å². The summed E-state index contributed by atoms with van der Waals surface area (Å²) in [6.45, 7) is 6.20. The molecule has 1 amide bonds. The molecule has 1 aliphatic heterocycles. The van der Waals surface area contributed by atoms with Gasteiger partial charge in [0.2, 0.25) is 10.0 Å². The summed E-state index contributed by atoms with van der Waals surface area (Å²) in [5.41, 5.74) is 4.56. The summed E-state index contributed by atoms with van der Waals surface area (Å²) in [4.78, 5) is 14.7. The quantitative estimate of drug-likeness (QED) is 0.876. The maximum atomic E-state index is 12.5. The Morgan fingerprint density at radius 1 is 0.963 bits per heavy atom. The topological polar surface area (TPSA) is 69.7 Å². The van der Waals surface area contributed by atoms with E-state index in [1.807, 2.05) is 56.3 Å². The van der Waals surface area contributed by atoms with E-state index in [4.69, 9.17) is 0 Å². The molecule has 0 unspecified atom stereocenters. The predicted molar refractivity (Wildman–Crippen MR) is 109 cm³/mol. The van der Waals surface area contributed by atoms with Crippen LogP contribution in [0.2, 0.25) is 0 Å². The number of rotatable bonds is 4. The summed E-state index contributed by atoms with van der Waals surface area (Å²) < 4.78 is 24.8. The molecule has 7 heteroatoms. The van der Waals surface area contributed by atoms with Gasteiger partial charge in [0.25, 0.3) is 5.91 Å². The average Bonchev–Trinajstić information content (AvgIpc) is 2.63. The van der Waals surface area contributed by atoms with Gasteiger partial charge in [0, 0.05) is 43.1 Å². The fraction of sp³-hybridized carbons (Fsp3) is 0.350. The van der Waals surface area contributed by atoms with Crippen LogP contribution in [-0.2, 0) is 10.0 Å². The molecule has 0 bridgehead atoms. The van der Waals surface area contributed by atoms with E-state index in [0.717, 1.165) is 22.5 Å². The lowest BCUT2D eigenvalue weighted by molar-refractivity contribution is 0.102. The number of anilines is 2. The number of hydrogen-bond acceptors (Lipinski definition) is 4. The normalized spacial score (nSPS) is 15.6. The minimum atomic E-state index is -3.14. The van der Waals surface area contributed by atoms with Gasteiger partial charge in [-0.25, -0.2) is 8.42 Å². The molecular weight excluding hydrogens is 362 g/mol. The molecular formula is C20H25N3O3S. The first-order chi connectivity index (χ1) is 12.7. The number of sulfonamides is 1. The van der Waals surface area contributed by atoms with Gasteiger partial charge < -0.3 is 10.2 Å². The summed E-state index contributed by atoms with van der Waals surface area (Å²) in [5.74, 6) is -0.142. The van der Waals surface area contributed by atoms with Crippen molar-refractivity contribution in [3.8, 4) is 0 Å². The molecule has 1 heterocycles. The van der Waals surface area contributed by atoms with Gasteiger partial charge in [0.05, 0.1) is 6.26 Å². The van der Waals surface area contributed by atoms with Gasteiger partial charge in [-0.1, -0.05) is 12.1 Å². The van der Waals surface area contributed by atoms with E-state index < -0.39 is 10.0 Å². The molecule has 2 aromatic rings. The van der Waals surface area contributed by atoms with Crippen LogP contribution in [0.25, 0.3) is 0 Å². The zero-order valence-corrected chi connectivity index (χ0v) is 16.7. The number of aryl methyl sites for hydroxylation is 2. The second-order valence-corrected chi connectivity index (χ2v) is 8.94. The second kappa shape index (κ2) is 7.70. The third-order valence-corrected chi connectivity index (χ3v) is 6.25. The number of piperazine rings is 1. The summed E-state index contributed by atoms with van der Waals surface area (Å²) in [6, 6.07) is 13.3. The molecule has 0 spiro atoms.